The fraction of sp³-hybridized carbons (Fsp3) is 0.263. The second-order valence-corrected chi connectivity index (χ2v) is 5.05. The van der Waals surface area contributed by atoms with Crippen molar-refractivity contribution in [1.29, 1.82) is 0 Å². The molecule has 1 aromatic carbocycles. The van der Waals surface area contributed by atoms with Crippen molar-refractivity contribution in [2.75, 3.05) is 12.4 Å². The number of aryl methyl sites for hydroxylation is 1. The molecule has 0 saturated heterocycles. The van der Waals surface area contributed by atoms with E-state index in [1.807, 2.05) is 51.1 Å². The second-order valence-electron chi connectivity index (χ2n) is 5.05. The van der Waals surface area contributed by atoms with Crippen LogP contribution in [0.15, 0.2) is 69.9 Å². The van der Waals surface area contributed by atoms with Crippen molar-refractivity contribution < 1.29 is 0 Å². The van der Waals surface area contributed by atoms with Crippen LogP contribution in [0.2, 0.25) is 0 Å². The predicted octanol–water partition coefficient (Wildman–Crippen LogP) is 4.93. The molecule has 0 aliphatic rings. The van der Waals surface area contributed by atoms with Crippen LogP contribution in [0.3, 0.4) is 0 Å². The Morgan fingerprint density at radius 3 is 2.50 bits per heavy atom. The van der Waals surface area contributed by atoms with Gasteiger partial charge >= 0.3 is 0 Å². The van der Waals surface area contributed by atoms with E-state index in [2.05, 4.69) is 34.9 Å². The van der Waals surface area contributed by atoms with E-state index in [0.29, 0.717) is 0 Å². The van der Waals surface area contributed by atoms with E-state index >= 15 is 0 Å². The molecule has 1 aromatic rings. The standard InChI is InChI=1S/C19H25N3/c1-7-18(21-16(4)14(2)12-13-20-6)17(5)22-19-11-9-8-10-15(19)3/h7-13,22H,5H2,1-4,6H3/b14-12+,18-7-,20-13-,21-16+. The van der Waals surface area contributed by atoms with Gasteiger partial charge in [0.15, 0.2) is 0 Å². The average Bonchev–Trinajstić information content (AvgIpc) is 2.51. The van der Waals surface area contributed by atoms with Crippen LogP contribution in [0.4, 0.5) is 5.69 Å². The summed E-state index contributed by atoms with van der Waals surface area (Å²) in [6.07, 6.45) is 5.67. The van der Waals surface area contributed by atoms with E-state index in [1.165, 1.54) is 5.56 Å². The first-order valence-electron chi connectivity index (χ1n) is 7.32. The van der Waals surface area contributed by atoms with Crippen LogP contribution < -0.4 is 5.32 Å². The molecule has 22 heavy (non-hydrogen) atoms. The number of aliphatic imine (C=N–C) groups is 2. The molecule has 0 aliphatic carbocycles. The maximum absolute atomic E-state index is 4.66. The molecular formula is C19H25N3. The zero-order chi connectivity index (χ0) is 16.5. The lowest BCUT2D eigenvalue weighted by molar-refractivity contribution is 1.26. The van der Waals surface area contributed by atoms with Crippen molar-refractivity contribution in [3.8, 4) is 0 Å². The number of benzene rings is 1. The highest BCUT2D eigenvalue weighted by Gasteiger charge is 2.04. The van der Waals surface area contributed by atoms with Gasteiger partial charge < -0.3 is 5.32 Å². The van der Waals surface area contributed by atoms with Gasteiger partial charge in [0, 0.05) is 24.7 Å². The molecule has 3 heteroatoms. The number of hydrogen-bond donors (Lipinski definition) is 1. The van der Waals surface area contributed by atoms with Crippen LogP contribution in [-0.2, 0) is 0 Å². The Balaban J connectivity index is 2.93. The number of allylic oxidation sites excluding steroid dienone is 3. The summed E-state index contributed by atoms with van der Waals surface area (Å²) in [5.41, 5.74) is 5.87. The first-order valence-corrected chi connectivity index (χ1v) is 7.32. The average molecular weight is 295 g/mol. The van der Waals surface area contributed by atoms with Crippen molar-refractivity contribution in [2.24, 2.45) is 9.98 Å². The maximum Gasteiger partial charge on any atom is 0.0819 e. The Labute approximate surface area is 133 Å². The third-order valence-electron chi connectivity index (χ3n) is 3.35. The fourth-order valence-corrected chi connectivity index (χ4v) is 1.82. The molecule has 0 spiro atoms. The van der Waals surface area contributed by atoms with Crippen molar-refractivity contribution in [3.63, 3.8) is 0 Å². The van der Waals surface area contributed by atoms with Crippen LogP contribution in [0, 0.1) is 6.92 Å². The molecule has 1 N–H and O–H groups in total. The van der Waals surface area contributed by atoms with Crippen LogP contribution in [0.1, 0.15) is 26.3 Å². The van der Waals surface area contributed by atoms with E-state index in [4.69, 9.17) is 0 Å². The second kappa shape index (κ2) is 8.78. The van der Waals surface area contributed by atoms with Gasteiger partial charge in [0.2, 0.25) is 0 Å². The molecule has 0 saturated carbocycles. The van der Waals surface area contributed by atoms with Crippen molar-refractivity contribution in [1.82, 2.24) is 0 Å². The number of nitrogens with zero attached hydrogens (tertiary/aromatic N) is 2. The quantitative estimate of drug-likeness (QED) is 0.586. The topological polar surface area (TPSA) is 36.8 Å². The molecule has 0 radical (unpaired) electrons. The molecule has 0 aliphatic heterocycles. The van der Waals surface area contributed by atoms with E-state index in [0.717, 1.165) is 28.4 Å². The molecule has 3 nitrogen and oxygen atoms in total. The lowest BCUT2D eigenvalue weighted by Crippen LogP contribution is -2.04. The summed E-state index contributed by atoms with van der Waals surface area (Å²) in [5.74, 6) is 0. The SMILES string of the molecule is C=C(Nc1ccccc1C)C(=C/C)/N=C(C)/C(C)=C/C=N\C. The Morgan fingerprint density at radius 2 is 1.91 bits per heavy atom. The summed E-state index contributed by atoms with van der Waals surface area (Å²) in [6.45, 7) is 12.1. The summed E-state index contributed by atoms with van der Waals surface area (Å²) in [7, 11) is 1.75. The number of nitrogens with one attached hydrogen (secondary N) is 1. The maximum atomic E-state index is 4.66. The zero-order valence-electron chi connectivity index (χ0n) is 14.1. The van der Waals surface area contributed by atoms with E-state index in [1.54, 1.807) is 13.3 Å². The summed E-state index contributed by atoms with van der Waals surface area (Å²) in [4.78, 5) is 8.62. The molecule has 0 aromatic heterocycles. The third-order valence-corrected chi connectivity index (χ3v) is 3.35. The fourth-order valence-electron chi connectivity index (χ4n) is 1.82. The molecule has 116 valence electrons. The van der Waals surface area contributed by atoms with Gasteiger partial charge in [0.1, 0.15) is 0 Å². The molecule has 0 fully saturated rings. The van der Waals surface area contributed by atoms with Gasteiger partial charge in [-0.25, -0.2) is 0 Å². The highest BCUT2D eigenvalue weighted by Crippen LogP contribution is 2.19. The van der Waals surface area contributed by atoms with E-state index in [-0.39, 0.29) is 0 Å². The van der Waals surface area contributed by atoms with E-state index in [9.17, 15) is 0 Å². The van der Waals surface area contributed by atoms with Crippen LogP contribution in [-0.4, -0.2) is 19.0 Å². The normalized spacial score (nSPS) is 13.6. The smallest absolute Gasteiger partial charge is 0.0819 e. The highest BCUT2D eigenvalue weighted by atomic mass is 14.9. The van der Waals surface area contributed by atoms with Crippen molar-refractivity contribution in [3.05, 3.63) is 65.5 Å². The number of para-hydroxylation sites is 1. The Kier molecular flexibility index (Phi) is 7.03. The first-order chi connectivity index (χ1) is 10.5. The Hall–Kier alpha value is -2.42. The summed E-state index contributed by atoms with van der Waals surface area (Å²) in [6, 6.07) is 8.12. The van der Waals surface area contributed by atoms with Crippen LogP contribution in [0.5, 0.6) is 0 Å². The van der Waals surface area contributed by atoms with Gasteiger partial charge in [-0.05, 0) is 51.0 Å². The third kappa shape index (κ3) is 5.17. The molecule has 0 heterocycles. The van der Waals surface area contributed by atoms with Gasteiger partial charge in [0.25, 0.3) is 0 Å². The Bertz CT molecular complexity index is 646. The number of rotatable bonds is 6. The summed E-state index contributed by atoms with van der Waals surface area (Å²) < 4.78 is 0. The summed E-state index contributed by atoms with van der Waals surface area (Å²) in [5, 5.41) is 3.33. The molecule has 1 rings (SSSR count). The lowest BCUT2D eigenvalue weighted by atomic mass is 10.1. The zero-order valence-corrected chi connectivity index (χ0v) is 14.1. The molecule has 0 amide bonds. The van der Waals surface area contributed by atoms with E-state index < -0.39 is 0 Å². The molecule has 0 unspecified atom stereocenters. The lowest BCUT2D eigenvalue weighted by Gasteiger charge is -2.13. The minimum Gasteiger partial charge on any atom is -0.354 e. The molecule has 0 atom stereocenters. The summed E-state index contributed by atoms with van der Waals surface area (Å²) >= 11 is 0. The largest absolute Gasteiger partial charge is 0.354 e. The van der Waals surface area contributed by atoms with Crippen molar-refractivity contribution in [2.45, 2.75) is 27.7 Å². The minimum atomic E-state index is 0.785. The van der Waals surface area contributed by atoms with Gasteiger partial charge in [-0.2, -0.15) is 0 Å². The highest BCUT2D eigenvalue weighted by molar-refractivity contribution is 6.01. The minimum absolute atomic E-state index is 0.785. The first kappa shape index (κ1) is 17.6. The molecular weight excluding hydrogens is 270 g/mol. The number of hydrogen-bond acceptors (Lipinski definition) is 3. The van der Waals surface area contributed by atoms with Gasteiger partial charge in [-0.15, -0.1) is 0 Å². The van der Waals surface area contributed by atoms with Crippen molar-refractivity contribution >= 4 is 17.6 Å². The van der Waals surface area contributed by atoms with Crippen LogP contribution in [0.25, 0.3) is 0 Å². The molecule has 0 bridgehead atoms. The number of anilines is 1. The van der Waals surface area contributed by atoms with Gasteiger partial charge in [-0.3, -0.25) is 9.98 Å². The Morgan fingerprint density at radius 1 is 1.23 bits per heavy atom. The monoisotopic (exact) mass is 295 g/mol. The van der Waals surface area contributed by atoms with Gasteiger partial charge in [0.05, 0.1) is 11.4 Å². The predicted molar refractivity (Wildman–Crippen MR) is 99.0 cm³/mol. The van der Waals surface area contributed by atoms with Gasteiger partial charge in [-0.1, -0.05) is 30.9 Å². The van der Waals surface area contributed by atoms with Crippen LogP contribution >= 0.6 is 0 Å².